The van der Waals surface area contributed by atoms with Gasteiger partial charge in [0.2, 0.25) is 0 Å². The molecule has 0 heterocycles. The van der Waals surface area contributed by atoms with E-state index in [1.165, 1.54) is 18.2 Å². The molecule has 0 fully saturated rings. The molecule has 76 valence electrons. The summed E-state index contributed by atoms with van der Waals surface area (Å²) in [7, 11) is -3.14. The van der Waals surface area contributed by atoms with Crippen LogP contribution in [0.4, 0.5) is 5.69 Å². The molecule has 1 aromatic rings. The third-order valence-electron chi connectivity index (χ3n) is 1.60. The van der Waals surface area contributed by atoms with Gasteiger partial charge in [-0.25, -0.2) is 0 Å². The van der Waals surface area contributed by atoms with Crippen LogP contribution in [0.25, 0.3) is 0 Å². The number of nitro benzene ring substituents is 1. The van der Waals surface area contributed by atoms with Crippen molar-refractivity contribution < 1.29 is 18.9 Å². The van der Waals surface area contributed by atoms with Crippen LogP contribution in [0.3, 0.4) is 0 Å². The van der Waals surface area contributed by atoms with Crippen molar-refractivity contribution in [1.29, 1.82) is 0 Å². The van der Waals surface area contributed by atoms with Crippen LogP contribution in [0.5, 0.6) is 0 Å². The zero-order chi connectivity index (χ0) is 10.8. The Kier molecular flexibility index (Phi) is 3.00. The molecule has 6 nitrogen and oxygen atoms in total. The van der Waals surface area contributed by atoms with Gasteiger partial charge in [0, 0.05) is 24.5 Å². The Labute approximate surface area is 79.8 Å². The number of hydrogen-bond donors (Lipinski definition) is 0. The van der Waals surface area contributed by atoms with Gasteiger partial charge < -0.3 is 14.0 Å². The zero-order valence-electron chi connectivity index (χ0n) is 7.25. The maximum atomic E-state index is 11.2. The molecule has 1 rings (SSSR count). The summed E-state index contributed by atoms with van der Waals surface area (Å²) < 4.78 is 15.4. The van der Waals surface area contributed by atoms with Crippen LogP contribution >= 0.6 is 7.60 Å². The summed E-state index contributed by atoms with van der Waals surface area (Å²) in [5, 5.41) is 10.1. The first-order valence-electron chi connectivity index (χ1n) is 3.59. The average molecular weight is 216 g/mol. The first-order valence-corrected chi connectivity index (χ1v) is 5.13. The SMILES string of the molecule is COP(=O)([O-])c1cccc([N+](=O)[O-])c1. The first kappa shape index (κ1) is 10.8. The topological polar surface area (TPSA) is 92.5 Å². The fourth-order valence-electron chi connectivity index (χ4n) is 0.882. The van der Waals surface area contributed by atoms with Gasteiger partial charge in [-0.15, -0.1) is 0 Å². The van der Waals surface area contributed by atoms with E-state index in [0.717, 1.165) is 13.2 Å². The van der Waals surface area contributed by atoms with Crippen molar-refractivity contribution >= 4 is 18.6 Å². The third-order valence-corrected chi connectivity index (χ3v) is 2.99. The van der Waals surface area contributed by atoms with E-state index in [-0.39, 0.29) is 11.0 Å². The molecule has 0 aliphatic carbocycles. The third kappa shape index (κ3) is 2.17. The lowest BCUT2D eigenvalue weighted by molar-refractivity contribution is -0.384. The van der Waals surface area contributed by atoms with E-state index in [1.807, 2.05) is 0 Å². The van der Waals surface area contributed by atoms with Crippen LogP contribution in [-0.4, -0.2) is 12.0 Å². The molecule has 0 aromatic heterocycles. The number of benzene rings is 1. The Hall–Kier alpha value is -1.23. The average Bonchev–Trinajstić information content (AvgIpc) is 2.18. The smallest absolute Gasteiger partial charge is 0.270 e. The summed E-state index contributed by atoms with van der Waals surface area (Å²) in [6, 6.07) is 4.69. The van der Waals surface area contributed by atoms with E-state index in [4.69, 9.17) is 0 Å². The van der Waals surface area contributed by atoms with E-state index in [2.05, 4.69) is 4.52 Å². The second-order valence-electron chi connectivity index (χ2n) is 2.46. The quantitative estimate of drug-likeness (QED) is 0.414. The Morgan fingerprint density at radius 1 is 1.50 bits per heavy atom. The Bertz CT molecular complexity index is 405. The predicted molar refractivity (Wildman–Crippen MR) is 47.3 cm³/mol. The predicted octanol–water partition coefficient (Wildman–Crippen LogP) is 0.420. The highest BCUT2D eigenvalue weighted by atomic mass is 31.2. The van der Waals surface area contributed by atoms with Crippen molar-refractivity contribution in [2.24, 2.45) is 0 Å². The van der Waals surface area contributed by atoms with Gasteiger partial charge in [-0.2, -0.15) is 0 Å². The molecule has 0 N–H and O–H groups in total. The fourth-order valence-corrected chi connectivity index (χ4v) is 1.65. The summed E-state index contributed by atoms with van der Waals surface area (Å²) in [4.78, 5) is 20.8. The number of nitro groups is 1. The maximum Gasteiger partial charge on any atom is 0.270 e. The Morgan fingerprint density at radius 3 is 2.64 bits per heavy atom. The number of non-ortho nitro benzene ring substituents is 1. The summed E-state index contributed by atoms with van der Waals surface area (Å²) in [6.07, 6.45) is 0. The number of hydrogen-bond acceptors (Lipinski definition) is 5. The molecule has 0 amide bonds. The Morgan fingerprint density at radius 2 is 2.14 bits per heavy atom. The molecule has 0 radical (unpaired) electrons. The summed E-state index contributed by atoms with van der Waals surface area (Å²) in [6.45, 7) is 0. The van der Waals surface area contributed by atoms with Crippen molar-refractivity contribution in [2.45, 2.75) is 0 Å². The molecule has 1 aromatic carbocycles. The normalized spacial score (nSPS) is 14.7. The van der Waals surface area contributed by atoms with Crippen molar-refractivity contribution in [3.8, 4) is 0 Å². The summed E-state index contributed by atoms with van der Waals surface area (Å²) in [5.74, 6) is 0. The van der Waals surface area contributed by atoms with Gasteiger partial charge >= 0.3 is 0 Å². The minimum Gasteiger partial charge on any atom is -0.775 e. The van der Waals surface area contributed by atoms with E-state index >= 15 is 0 Å². The van der Waals surface area contributed by atoms with Gasteiger partial charge in [-0.1, -0.05) is 6.07 Å². The van der Waals surface area contributed by atoms with Crippen molar-refractivity contribution in [3.05, 3.63) is 34.4 Å². The molecule has 7 heteroatoms. The van der Waals surface area contributed by atoms with Crippen molar-refractivity contribution in [3.63, 3.8) is 0 Å². The molecule has 0 saturated carbocycles. The zero-order valence-corrected chi connectivity index (χ0v) is 8.14. The van der Waals surface area contributed by atoms with Gasteiger partial charge in [0.15, 0.2) is 7.60 Å². The monoisotopic (exact) mass is 216 g/mol. The minimum atomic E-state index is -4.15. The molecule has 0 aliphatic rings. The number of nitrogens with zero attached hydrogens (tertiary/aromatic N) is 1. The van der Waals surface area contributed by atoms with Crippen LogP contribution in [0.15, 0.2) is 24.3 Å². The van der Waals surface area contributed by atoms with Crippen LogP contribution in [0.1, 0.15) is 0 Å². The van der Waals surface area contributed by atoms with E-state index in [1.54, 1.807) is 0 Å². The highest BCUT2D eigenvalue weighted by Gasteiger charge is 2.13. The summed E-state index contributed by atoms with van der Waals surface area (Å²) >= 11 is 0. The fraction of sp³-hybridized carbons (Fsp3) is 0.143. The van der Waals surface area contributed by atoms with Gasteiger partial charge in [-0.05, 0) is 6.07 Å². The standard InChI is InChI=1S/C7H8NO5P/c1-13-14(11,12)7-4-2-3-6(5-7)8(9)10/h2-5H,1H3,(H,11,12)/p-1. The lowest BCUT2D eigenvalue weighted by Crippen LogP contribution is -2.16. The molecule has 0 saturated heterocycles. The van der Waals surface area contributed by atoms with Crippen LogP contribution in [0, 0.1) is 10.1 Å². The molecule has 14 heavy (non-hydrogen) atoms. The molecular formula is C7H7NO5P-. The molecule has 0 bridgehead atoms. The summed E-state index contributed by atoms with van der Waals surface area (Å²) in [5.41, 5.74) is -0.282. The minimum absolute atomic E-state index is 0.200. The largest absolute Gasteiger partial charge is 0.775 e. The molecular weight excluding hydrogens is 209 g/mol. The second-order valence-corrected chi connectivity index (χ2v) is 4.33. The van der Waals surface area contributed by atoms with E-state index in [0.29, 0.717) is 0 Å². The van der Waals surface area contributed by atoms with Gasteiger partial charge in [0.1, 0.15) is 0 Å². The first-order chi connectivity index (χ1) is 6.47. The van der Waals surface area contributed by atoms with Gasteiger partial charge in [0.05, 0.1) is 4.92 Å². The van der Waals surface area contributed by atoms with Crippen LogP contribution in [-0.2, 0) is 9.09 Å². The lowest BCUT2D eigenvalue weighted by Gasteiger charge is -2.20. The van der Waals surface area contributed by atoms with Crippen molar-refractivity contribution in [1.82, 2.24) is 0 Å². The van der Waals surface area contributed by atoms with Crippen LogP contribution in [0.2, 0.25) is 0 Å². The molecule has 0 spiro atoms. The highest BCUT2D eigenvalue weighted by Crippen LogP contribution is 2.34. The molecule has 1 unspecified atom stereocenters. The number of rotatable bonds is 3. The second kappa shape index (κ2) is 3.88. The maximum absolute atomic E-state index is 11.2. The van der Waals surface area contributed by atoms with Crippen molar-refractivity contribution in [2.75, 3.05) is 7.11 Å². The van der Waals surface area contributed by atoms with E-state index < -0.39 is 12.5 Å². The lowest BCUT2D eigenvalue weighted by atomic mass is 10.3. The van der Waals surface area contributed by atoms with E-state index in [9.17, 15) is 19.6 Å². The van der Waals surface area contributed by atoms with Gasteiger partial charge in [0.25, 0.3) is 5.69 Å². The Balaban J connectivity index is 3.19. The molecule has 0 aliphatic heterocycles. The van der Waals surface area contributed by atoms with Gasteiger partial charge in [-0.3, -0.25) is 10.1 Å². The molecule has 1 atom stereocenters. The highest BCUT2D eigenvalue weighted by molar-refractivity contribution is 7.59. The van der Waals surface area contributed by atoms with Crippen LogP contribution < -0.4 is 10.2 Å².